The summed E-state index contributed by atoms with van der Waals surface area (Å²) in [7, 11) is 1.16. The van der Waals surface area contributed by atoms with E-state index in [-0.39, 0.29) is 13.2 Å². The first kappa shape index (κ1) is 12.5. The second-order valence-corrected chi connectivity index (χ2v) is 2.17. The van der Waals surface area contributed by atoms with Crippen molar-refractivity contribution >= 4 is 11.9 Å². The minimum Gasteiger partial charge on any atom is -0.467 e. The van der Waals surface area contributed by atoms with E-state index >= 15 is 0 Å². The smallest absolute Gasteiger partial charge is 0.348 e. The molecule has 1 atom stereocenters. The fraction of sp³-hybridized carbons (Fsp3) is 0.556. The number of carbonyl (C=O) groups excluding carboxylic acids is 2. The van der Waals surface area contributed by atoms with Crippen molar-refractivity contribution in [3.05, 3.63) is 0 Å². The summed E-state index contributed by atoms with van der Waals surface area (Å²) in [5, 5.41) is 0. The number of ether oxygens (including phenoxy) is 3. The van der Waals surface area contributed by atoms with Gasteiger partial charge < -0.3 is 14.2 Å². The Morgan fingerprint density at radius 1 is 1.43 bits per heavy atom. The molecule has 0 amide bonds. The van der Waals surface area contributed by atoms with Crippen molar-refractivity contribution in [3.63, 3.8) is 0 Å². The SMILES string of the molecule is C#CCOC(=O)C(OCC)C(=O)OC. The minimum absolute atomic E-state index is 0.195. The molecule has 0 aromatic carbocycles. The molecule has 0 heterocycles. The van der Waals surface area contributed by atoms with Gasteiger partial charge in [0, 0.05) is 6.61 Å². The summed E-state index contributed by atoms with van der Waals surface area (Å²) in [4.78, 5) is 22.2. The highest BCUT2D eigenvalue weighted by Crippen LogP contribution is 1.98. The summed E-state index contributed by atoms with van der Waals surface area (Å²) in [6.07, 6.45) is 3.53. The summed E-state index contributed by atoms with van der Waals surface area (Å²) in [5.41, 5.74) is 0. The van der Waals surface area contributed by atoms with Gasteiger partial charge in [0.05, 0.1) is 7.11 Å². The summed E-state index contributed by atoms with van der Waals surface area (Å²) in [5.74, 6) is 0.468. The standard InChI is InChI=1S/C9H12O5/c1-4-6-14-9(11)7(13-5-2)8(10)12-3/h1,7H,5-6H2,2-3H3. The molecule has 0 rings (SSSR count). The van der Waals surface area contributed by atoms with Crippen molar-refractivity contribution in [1.29, 1.82) is 0 Å². The summed E-state index contributed by atoms with van der Waals surface area (Å²) in [6, 6.07) is 0. The van der Waals surface area contributed by atoms with E-state index in [1.165, 1.54) is 0 Å². The zero-order chi connectivity index (χ0) is 11.0. The molecule has 14 heavy (non-hydrogen) atoms. The van der Waals surface area contributed by atoms with Crippen LogP contribution in [0.4, 0.5) is 0 Å². The Morgan fingerprint density at radius 2 is 2.07 bits per heavy atom. The van der Waals surface area contributed by atoms with Gasteiger partial charge in [-0.15, -0.1) is 6.42 Å². The van der Waals surface area contributed by atoms with E-state index in [2.05, 4.69) is 15.4 Å². The highest BCUT2D eigenvalue weighted by molar-refractivity contribution is 5.98. The van der Waals surface area contributed by atoms with Gasteiger partial charge in [-0.2, -0.15) is 0 Å². The topological polar surface area (TPSA) is 61.8 Å². The second kappa shape index (κ2) is 6.92. The molecule has 0 aliphatic carbocycles. The average Bonchev–Trinajstić information content (AvgIpc) is 2.21. The maximum Gasteiger partial charge on any atom is 0.348 e. The molecule has 0 aromatic heterocycles. The summed E-state index contributed by atoms with van der Waals surface area (Å²) >= 11 is 0. The number of esters is 2. The number of hydrogen-bond donors (Lipinski definition) is 0. The minimum atomic E-state index is -1.35. The first-order chi connectivity index (χ1) is 6.67. The average molecular weight is 200 g/mol. The van der Waals surface area contributed by atoms with Gasteiger partial charge in [0.1, 0.15) is 0 Å². The van der Waals surface area contributed by atoms with Crippen LogP contribution in [-0.4, -0.2) is 38.4 Å². The van der Waals surface area contributed by atoms with E-state index in [9.17, 15) is 9.59 Å². The molecule has 78 valence electrons. The van der Waals surface area contributed by atoms with Gasteiger partial charge in [-0.05, 0) is 6.92 Å². The molecule has 0 saturated heterocycles. The third kappa shape index (κ3) is 3.92. The van der Waals surface area contributed by atoms with Gasteiger partial charge >= 0.3 is 11.9 Å². The van der Waals surface area contributed by atoms with Crippen molar-refractivity contribution in [1.82, 2.24) is 0 Å². The lowest BCUT2D eigenvalue weighted by atomic mass is 10.3. The van der Waals surface area contributed by atoms with E-state index in [0.717, 1.165) is 7.11 Å². The van der Waals surface area contributed by atoms with E-state index in [1.807, 2.05) is 0 Å². The lowest BCUT2D eigenvalue weighted by Crippen LogP contribution is -2.35. The van der Waals surface area contributed by atoms with Crippen LogP contribution in [0.1, 0.15) is 6.92 Å². The van der Waals surface area contributed by atoms with Crippen LogP contribution < -0.4 is 0 Å². The molecule has 0 aliphatic rings. The maximum absolute atomic E-state index is 11.1. The highest BCUT2D eigenvalue weighted by Gasteiger charge is 2.29. The van der Waals surface area contributed by atoms with Gasteiger partial charge in [0.25, 0.3) is 6.10 Å². The van der Waals surface area contributed by atoms with Crippen LogP contribution in [-0.2, 0) is 23.8 Å². The second-order valence-electron chi connectivity index (χ2n) is 2.17. The molecular formula is C9H12O5. The lowest BCUT2D eigenvalue weighted by molar-refractivity contribution is -0.170. The van der Waals surface area contributed by atoms with Gasteiger partial charge in [0.2, 0.25) is 0 Å². The Morgan fingerprint density at radius 3 is 2.50 bits per heavy atom. The zero-order valence-corrected chi connectivity index (χ0v) is 8.11. The maximum atomic E-state index is 11.1. The van der Waals surface area contributed by atoms with Crippen LogP contribution >= 0.6 is 0 Å². The number of carbonyl (C=O) groups is 2. The quantitative estimate of drug-likeness (QED) is 0.347. The Labute approximate surface area is 82.3 Å². The van der Waals surface area contributed by atoms with Crippen LogP contribution in [0.15, 0.2) is 0 Å². The van der Waals surface area contributed by atoms with E-state index in [4.69, 9.17) is 11.2 Å². The summed E-state index contributed by atoms with van der Waals surface area (Å²) < 4.78 is 13.7. The number of terminal acetylenes is 1. The summed E-state index contributed by atoms with van der Waals surface area (Å²) in [6.45, 7) is 1.65. The first-order valence-corrected chi connectivity index (χ1v) is 3.96. The van der Waals surface area contributed by atoms with Gasteiger partial charge in [-0.25, -0.2) is 9.59 Å². The fourth-order valence-electron chi connectivity index (χ4n) is 0.694. The van der Waals surface area contributed by atoms with E-state index in [1.54, 1.807) is 6.92 Å². The molecular weight excluding hydrogens is 188 g/mol. The molecule has 0 aliphatic heterocycles. The normalized spacial score (nSPS) is 11.2. The van der Waals surface area contributed by atoms with E-state index in [0.29, 0.717) is 0 Å². The van der Waals surface area contributed by atoms with Crippen LogP contribution in [0.3, 0.4) is 0 Å². The van der Waals surface area contributed by atoms with Gasteiger partial charge in [-0.1, -0.05) is 5.92 Å². The Hall–Kier alpha value is -1.54. The van der Waals surface area contributed by atoms with Crippen molar-refractivity contribution in [2.75, 3.05) is 20.3 Å². The number of hydrogen-bond acceptors (Lipinski definition) is 5. The number of rotatable bonds is 5. The molecule has 0 aromatic rings. The highest BCUT2D eigenvalue weighted by atomic mass is 16.6. The molecule has 0 spiro atoms. The Balaban J connectivity index is 4.26. The van der Waals surface area contributed by atoms with Gasteiger partial charge in [-0.3, -0.25) is 0 Å². The van der Waals surface area contributed by atoms with Crippen LogP contribution in [0.25, 0.3) is 0 Å². The monoisotopic (exact) mass is 200 g/mol. The van der Waals surface area contributed by atoms with Crippen molar-refractivity contribution in [2.45, 2.75) is 13.0 Å². The third-order valence-electron chi connectivity index (χ3n) is 1.26. The lowest BCUT2D eigenvalue weighted by Gasteiger charge is -2.12. The largest absolute Gasteiger partial charge is 0.467 e. The Kier molecular flexibility index (Phi) is 6.16. The molecule has 1 unspecified atom stereocenters. The molecule has 0 radical (unpaired) electrons. The van der Waals surface area contributed by atoms with Crippen molar-refractivity contribution in [3.8, 4) is 12.3 Å². The molecule has 0 fully saturated rings. The first-order valence-electron chi connectivity index (χ1n) is 3.96. The van der Waals surface area contributed by atoms with Crippen molar-refractivity contribution < 1.29 is 23.8 Å². The predicted octanol–water partition coefficient (Wildman–Crippen LogP) is -0.259. The van der Waals surface area contributed by atoms with Crippen LogP contribution in [0, 0.1) is 12.3 Å². The van der Waals surface area contributed by atoms with Crippen LogP contribution in [0.5, 0.6) is 0 Å². The van der Waals surface area contributed by atoms with Crippen LogP contribution in [0.2, 0.25) is 0 Å². The Bertz CT molecular complexity index is 240. The number of methoxy groups -OCH3 is 1. The van der Waals surface area contributed by atoms with Gasteiger partial charge in [0.15, 0.2) is 6.61 Å². The fourth-order valence-corrected chi connectivity index (χ4v) is 0.694. The third-order valence-corrected chi connectivity index (χ3v) is 1.26. The predicted molar refractivity (Wildman–Crippen MR) is 47.2 cm³/mol. The van der Waals surface area contributed by atoms with E-state index < -0.39 is 18.0 Å². The molecule has 5 nitrogen and oxygen atoms in total. The molecule has 0 N–H and O–H groups in total. The molecule has 5 heteroatoms. The zero-order valence-electron chi connectivity index (χ0n) is 8.11. The molecule has 0 saturated carbocycles. The van der Waals surface area contributed by atoms with Crippen molar-refractivity contribution in [2.24, 2.45) is 0 Å². The molecule has 0 bridgehead atoms.